The standard InChI is InChI=1S/C6H3Cl3N2O3/c7-1-3(10)2(8)5(9)11(14)4(1)6(12)13/h10,14H,(H,12,13). The molecule has 1 rings (SSSR count). The van der Waals surface area contributed by atoms with Crippen LogP contribution in [0.4, 0.5) is 0 Å². The minimum atomic E-state index is -1.51. The van der Waals surface area contributed by atoms with E-state index in [1.807, 2.05) is 0 Å². The Morgan fingerprint density at radius 2 is 1.79 bits per heavy atom. The van der Waals surface area contributed by atoms with Crippen LogP contribution in [0.2, 0.25) is 15.2 Å². The first-order chi connectivity index (χ1) is 6.37. The molecule has 0 bridgehead atoms. The van der Waals surface area contributed by atoms with Crippen LogP contribution in [0.15, 0.2) is 0 Å². The first kappa shape index (κ1) is 11.2. The summed E-state index contributed by atoms with van der Waals surface area (Å²) in [5.74, 6) is -1.51. The molecule has 1 aromatic heterocycles. The third kappa shape index (κ3) is 1.54. The molecule has 0 spiro atoms. The van der Waals surface area contributed by atoms with E-state index < -0.39 is 27.2 Å². The van der Waals surface area contributed by atoms with Gasteiger partial charge in [0.1, 0.15) is 10.0 Å². The zero-order valence-electron chi connectivity index (χ0n) is 6.38. The Labute approximate surface area is 92.5 Å². The molecule has 14 heavy (non-hydrogen) atoms. The van der Waals surface area contributed by atoms with Crippen LogP contribution >= 0.6 is 34.8 Å². The molecule has 3 N–H and O–H groups in total. The van der Waals surface area contributed by atoms with Crippen molar-refractivity contribution in [2.45, 2.75) is 0 Å². The molecule has 0 unspecified atom stereocenters. The highest BCUT2D eigenvalue weighted by atomic mass is 35.5. The molecule has 0 aliphatic heterocycles. The van der Waals surface area contributed by atoms with Gasteiger partial charge in [-0.3, -0.25) is 5.41 Å². The van der Waals surface area contributed by atoms with Crippen molar-refractivity contribution in [1.82, 2.24) is 4.73 Å². The van der Waals surface area contributed by atoms with E-state index in [9.17, 15) is 10.0 Å². The van der Waals surface area contributed by atoms with E-state index in [0.717, 1.165) is 0 Å². The van der Waals surface area contributed by atoms with E-state index >= 15 is 0 Å². The van der Waals surface area contributed by atoms with Crippen molar-refractivity contribution < 1.29 is 15.1 Å². The van der Waals surface area contributed by atoms with Crippen LogP contribution < -0.4 is 5.36 Å². The molecule has 0 radical (unpaired) electrons. The first-order valence-corrected chi connectivity index (χ1v) is 4.28. The topological polar surface area (TPSA) is 86.3 Å². The van der Waals surface area contributed by atoms with Gasteiger partial charge in [0.15, 0.2) is 10.8 Å². The number of rotatable bonds is 1. The van der Waals surface area contributed by atoms with Crippen LogP contribution in [-0.4, -0.2) is 21.0 Å². The SMILES string of the molecule is N=c1c(Cl)c(Cl)n(O)c(C(=O)O)c1Cl. The predicted octanol–water partition coefficient (Wildman–Crippen LogP) is 1.86. The molecule has 1 heterocycles. The second-order valence-corrected chi connectivity index (χ2v) is 3.37. The maximum Gasteiger partial charge on any atom is 0.357 e. The van der Waals surface area contributed by atoms with Gasteiger partial charge in [0.25, 0.3) is 0 Å². The van der Waals surface area contributed by atoms with Gasteiger partial charge in [-0.25, -0.2) is 4.79 Å². The van der Waals surface area contributed by atoms with Crippen molar-refractivity contribution in [3.8, 4) is 0 Å². The van der Waals surface area contributed by atoms with Crippen molar-refractivity contribution in [1.29, 1.82) is 5.41 Å². The molecule has 0 atom stereocenters. The van der Waals surface area contributed by atoms with Gasteiger partial charge < -0.3 is 10.3 Å². The molecular weight excluding hydrogens is 254 g/mol. The smallest absolute Gasteiger partial charge is 0.357 e. The van der Waals surface area contributed by atoms with Gasteiger partial charge in [-0.2, -0.15) is 4.73 Å². The van der Waals surface area contributed by atoms with Crippen LogP contribution in [0, 0.1) is 5.41 Å². The van der Waals surface area contributed by atoms with Crippen molar-refractivity contribution in [2.75, 3.05) is 0 Å². The van der Waals surface area contributed by atoms with E-state index in [0.29, 0.717) is 0 Å². The third-order valence-corrected chi connectivity index (χ3v) is 2.61. The molecule has 1 aromatic rings. The van der Waals surface area contributed by atoms with E-state index in [-0.39, 0.29) is 9.75 Å². The van der Waals surface area contributed by atoms with Crippen LogP contribution in [-0.2, 0) is 0 Å². The zero-order valence-corrected chi connectivity index (χ0v) is 8.65. The zero-order chi connectivity index (χ0) is 11.0. The summed E-state index contributed by atoms with van der Waals surface area (Å²) < 4.78 is 0.118. The number of pyridine rings is 1. The molecule has 0 saturated carbocycles. The molecule has 76 valence electrons. The highest BCUT2D eigenvalue weighted by Crippen LogP contribution is 2.22. The lowest BCUT2D eigenvalue weighted by atomic mass is 10.3. The van der Waals surface area contributed by atoms with E-state index in [1.165, 1.54) is 0 Å². The number of halogens is 3. The summed E-state index contributed by atoms with van der Waals surface area (Å²) in [6.07, 6.45) is 0. The highest BCUT2D eigenvalue weighted by molar-refractivity contribution is 6.42. The predicted molar refractivity (Wildman–Crippen MR) is 49.5 cm³/mol. The average molecular weight is 257 g/mol. The van der Waals surface area contributed by atoms with Crippen LogP contribution in [0.3, 0.4) is 0 Å². The summed E-state index contributed by atoms with van der Waals surface area (Å²) in [6.45, 7) is 0. The largest absolute Gasteiger partial charge is 0.476 e. The van der Waals surface area contributed by atoms with Crippen molar-refractivity contribution in [3.05, 3.63) is 26.2 Å². The summed E-state index contributed by atoms with van der Waals surface area (Å²) >= 11 is 16.4. The summed E-state index contributed by atoms with van der Waals surface area (Å²) in [6, 6.07) is 0. The maximum atomic E-state index is 10.6. The number of aromatic carboxylic acids is 1. The number of carbonyl (C=O) groups is 1. The lowest BCUT2D eigenvalue weighted by Gasteiger charge is -2.08. The molecule has 0 aliphatic rings. The van der Waals surface area contributed by atoms with Crippen LogP contribution in [0.25, 0.3) is 0 Å². The summed E-state index contributed by atoms with van der Waals surface area (Å²) in [5, 5.41) is 23.4. The average Bonchev–Trinajstić information content (AvgIpc) is 2.11. The van der Waals surface area contributed by atoms with Gasteiger partial charge >= 0.3 is 5.97 Å². The molecule has 0 fully saturated rings. The molecule has 0 aliphatic carbocycles. The van der Waals surface area contributed by atoms with Crippen LogP contribution in [0.5, 0.6) is 0 Å². The van der Waals surface area contributed by atoms with Gasteiger partial charge in [-0.05, 0) is 0 Å². The van der Waals surface area contributed by atoms with Crippen molar-refractivity contribution in [3.63, 3.8) is 0 Å². The number of hydrogen-bond donors (Lipinski definition) is 3. The monoisotopic (exact) mass is 256 g/mol. The fourth-order valence-corrected chi connectivity index (χ4v) is 1.44. The number of nitrogens with one attached hydrogen (secondary N) is 1. The van der Waals surface area contributed by atoms with Gasteiger partial charge in [-0.1, -0.05) is 34.8 Å². The van der Waals surface area contributed by atoms with Gasteiger partial charge in [-0.15, -0.1) is 0 Å². The molecule has 0 saturated heterocycles. The lowest BCUT2D eigenvalue weighted by Crippen LogP contribution is -2.19. The molecule has 8 heteroatoms. The quantitative estimate of drug-likeness (QED) is 0.530. The number of carboxylic acids is 1. The molecular formula is C6H3Cl3N2O3. The maximum absolute atomic E-state index is 10.6. The van der Waals surface area contributed by atoms with E-state index in [1.54, 1.807) is 0 Å². The Kier molecular flexibility index (Phi) is 2.94. The highest BCUT2D eigenvalue weighted by Gasteiger charge is 2.21. The Hall–Kier alpha value is -0.910. The fourth-order valence-electron chi connectivity index (χ4n) is 0.786. The fraction of sp³-hybridized carbons (Fsp3) is 0. The van der Waals surface area contributed by atoms with Crippen molar-refractivity contribution in [2.24, 2.45) is 0 Å². The number of carboxylic acid groups (broad SMARTS) is 1. The summed E-state index contributed by atoms with van der Waals surface area (Å²) in [7, 11) is 0. The minimum Gasteiger partial charge on any atom is -0.476 e. The Bertz CT molecular complexity index is 468. The van der Waals surface area contributed by atoms with E-state index in [4.69, 9.17) is 45.3 Å². The lowest BCUT2D eigenvalue weighted by molar-refractivity contribution is 0.0640. The number of hydrogen-bond acceptors (Lipinski definition) is 3. The second kappa shape index (κ2) is 3.68. The van der Waals surface area contributed by atoms with Gasteiger partial charge in [0, 0.05) is 0 Å². The summed E-state index contributed by atoms with van der Waals surface area (Å²) in [4.78, 5) is 10.6. The second-order valence-electron chi connectivity index (χ2n) is 2.26. The third-order valence-electron chi connectivity index (χ3n) is 1.43. The van der Waals surface area contributed by atoms with Crippen molar-refractivity contribution >= 4 is 40.8 Å². The first-order valence-electron chi connectivity index (χ1n) is 3.14. The Balaban J connectivity index is 3.78. The Morgan fingerprint density at radius 3 is 2.21 bits per heavy atom. The molecule has 0 amide bonds. The molecule has 5 nitrogen and oxygen atoms in total. The van der Waals surface area contributed by atoms with E-state index in [2.05, 4.69) is 0 Å². The van der Waals surface area contributed by atoms with Crippen LogP contribution in [0.1, 0.15) is 10.5 Å². The number of nitrogens with zero attached hydrogens (tertiary/aromatic N) is 1. The minimum absolute atomic E-state index is 0.118. The molecule has 0 aromatic carbocycles. The van der Waals surface area contributed by atoms with Gasteiger partial charge in [0.05, 0.1) is 5.36 Å². The van der Waals surface area contributed by atoms with Gasteiger partial charge in [0.2, 0.25) is 0 Å². The summed E-state index contributed by atoms with van der Waals surface area (Å²) in [5.41, 5.74) is -0.703. The number of aromatic nitrogens is 1. The normalized spacial score (nSPS) is 10.2. The Morgan fingerprint density at radius 1 is 1.29 bits per heavy atom.